The molecule has 4 nitrogen and oxygen atoms in total. The lowest BCUT2D eigenvalue weighted by Crippen LogP contribution is -1.87. The van der Waals surface area contributed by atoms with Gasteiger partial charge in [-0.2, -0.15) is 0 Å². The van der Waals surface area contributed by atoms with Gasteiger partial charge >= 0.3 is 5.97 Å². The zero-order valence-electron chi connectivity index (χ0n) is 9.02. The van der Waals surface area contributed by atoms with Gasteiger partial charge in [-0.3, -0.25) is 0 Å². The molecule has 2 rings (SSSR count). The van der Waals surface area contributed by atoms with Crippen LogP contribution >= 0.6 is 11.6 Å². The number of carboxylic acids is 1. The maximum Gasteiger partial charge on any atom is 0.328 e. The largest absolute Gasteiger partial charge is 0.478 e. The van der Waals surface area contributed by atoms with Crippen molar-refractivity contribution in [3.63, 3.8) is 0 Å². The first-order valence-electron chi connectivity index (χ1n) is 4.97. The molecule has 0 fully saturated rings. The van der Waals surface area contributed by atoms with Crippen molar-refractivity contribution < 1.29 is 14.3 Å². The molecule has 0 spiro atoms. The van der Waals surface area contributed by atoms with Crippen molar-refractivity contribution in [1.82, 2.24) is 9.97 Å². The molecule has 0 unspecified atom stereocenters. The van der Waals surface area contributed by atoms with Crippen molar-refractivity contribution in [2.45, 2.75) is 0 Å². The van der Waals surface area contributed by atoms with Gasteiger partial charge in [-0.05, 0) is 24.3 Å². The monoisotopic (exact) mass is 266 g/mol. The van der Waals surface area contributed by atoms with E-state index in [1.165, 1.54) is 30.5 Å². The minimum atomic E-state index is -1.08. The Morgan fingerprint density at radius 2 is 2.28 bits per heavy atom. The van der Waals surface area contributed by atoms with Crippen LogP contribution in [0.15, 0.2) is 30.5 Å². The molecule has 92 valence electrons. The Balaban J connectivity index is 2.35. The highest BCUT2D eigenvalue weighted by Gasteiger charge is 2.08. The first-order valence-corrected chi connectivity index (χ1v) is 5.35. The average Bonchev–Trinajstić information content (AvgIpc) is 2.78. The zero-order valence-corrected chi connectivity index (χ0v) is 9.78. The molecule has 0 aliphatic carbocycles. The Hall–Kier alpha value is -2.14. The van der Waals surface area contributed by atoms with Crippen LogP contribution in [0.1, 0.15) is 5.82 Å². The van der Waals surface area contributed by atoms with E-state index in [1.807, 2.05) is 0 Å². The third-order valence-electron chi connectivity index (χ3n) is 2.20. The van der Waals surface area contributed by atoms with E-state index in [4.69, 9.17) is 16.7 Å². The van der Waals surface area contributed by atoms with Crippen molar-refractivity contribution in [1.29, 1.82) is 0 Å². The van der Waals surface area contributed by atoms with Gasteiger partial charge in [0.2, 0.25) is 0 Å². The summed E-state index contributed by atoms with van der Waals surface area (Å²) in [4.78, 5) is 17.1. The Kier molecular flexibility index (Phi) is 3.43. The van der Waals surface area contributed by atoms with E-state index in [1.54, 1.807) is 0 Å². The van der Waals surface area contributed by atoms with E-state index in [0.717, 1.165) is 6.08 Å². The number of carbonyl (C=O) groups is 1. The number of aromatic amines is 1. The molecule has 2 N–H and O–H groups in total. The molecular weight excluding hydrogens is 259 g/mol. The molecule has 1 aromatic carbocycles. The number of rotatable bonds is 3. The highest BCUT2D eigenvalue weighted by Crippen LogP contribution is 2.24. The first kappa shape index (κ1) is 12.3. The van der Waals surface area contributed by atoms with Crippen molar-refractivity contribution >= 4 is 23.6 Å². The van der Waals surface area contributed by atoms with Crippen LogP contribution in [-0.4, -0.2) is 21.0 Å². The average molecular weight is 267 g/mol. The lowest BCUT2D eigenvalue weighted by atomic mass is 10.1. The SMILES string of the molecule is O=C(O)/C=C/c1ncc(-c2cc(Cl)ccc2F)[nH]1. The molecule has 0 atom stereocenters. The zero-order chi connectivity index (χ0) is 13.1. The van der Waals surface area contributed by atoms with Crippen LogP contribution in [0.3, 0.4) is 0 Å². The maximum absolute atomic E-state index is 13.6. The molecule has 0 aliphatic rings. The van der Waals surface area contributed by atoms with Gasteiger partial charge in [0, 0.05) is 16.7 Å². The number of nitrogens with one attached hydrogen (secondary N) is 1. The van der Waals surface area contributed by atoms with Crippen LogP contribution in [-0.2, 0) is 4.79 Å². The van der Waals surface area contributed by atoms with Crippen LogP contribution in [0.25, 0.3) is 17.3 Å². The van der Waals surface area contributed by atoms with E-state index in [0.29, 0.717) is 16.5 Å². The van der Waals surface area contributed by atoms with Gasteiger partial charge in [-0.15, -0.1) is 0 Å². The second-order valence-electron chi connectivity index (χ2n) is 3.48. The molecule has 0 radical (unpaired) electrons. The topological polar surface area (TPSA) is 66.0 Å². The Bertz CT molecular complexity index is 622. The van der Waals surface area contributed by atoms with Gasteiger partial charge in [0.25, 0.3) is 0 Å². The molecule has 0 aliphatic heterocycles. The van der Waals surface area contributed by atoms with E-state index >= 15 is 0 Å². The number of carboxylic acid groups (broad SMARTS) is 1. The van der Waals surface area contributed by atoms with Crippen LogP contribution < -0.4 is 0 Å². The Morgan fingerprint density at radius 1 is 1.50 bits per heavy atom. The third kappa shape index (κ3) is 2.75. The standard InChI is InChI=1S/C12H8ClFN2O2/c13-7-1-2-9(14)8(5-7)10-6-15-11(16-10)3-4-12(17)18/h1-6H,(H,15,16)(H,17,18)/b4-3+. The summed E-state index contributed by atoms with van der Waals surface area (Å²) in [5.41, 5.74) is 0.713. The number of benzene rings is 1. The summed E-state index contributed by atoms with van der Waals surface area (Å²) in [6, 6.07) is 4.17. The predicted molar refractivity (Wildman–Crippen MR) is 65.7 cm³/mol. The molecule has 18 heavy (non-hydrogen) atoms. The van der Waals surface area contributed by atoms with E-state index in [9.17, 15) is 9.18 Å². The van der Waals surface area contributed by atoms with Crippen LogP contribution in [0.2, 0.25) is 5.02 Å². The quantitative estimate of drug-likeness (QED) is 0.840. The van der Waals surface area contributed by atoms with Gasteiger partial charge in [-0.1, -0.05) is 11.6 Å². The van der Waals surface area contributed by atoms with Crippen molar-refractivity contribution in [3.05, 3.63) is 47.1 Å². The number of nitrogens with zero attached hydrogens (tertiary/aromatic N) is 1. The number of halogens is 2. The van der Waals surface area contributed by atoms with Gasteiger partial charge < -0.3 is 10.1 Å². The van der Waals surface area contributed by atoms with Gasteiger partial charge in [0.15, 0.2) is 0 Å². The lowest BCUT2D eigenvalue weighted by Gasteiger charge is -2.00. The fraction of sp³-hybridized carbons (Fsp3) is 0. The number of imidazole rings is 1. The summed E-state index contributed by atoms with van der Waals surface area (Å²) in [5, 5.41) is 8.88. The molecule has 1 aromatic heterocycles. The van der Waals surface area contributed by atoms with Gasteiger partial charge in [-0.25, -0.2) is 14.2 Å². The maximum atomic E-state index is 13.6. The van der Waals surface area contributed by atoms with Gasteiger partial charge in [0.05, 0.1) is 11.9 Å². The number of hydrogen-bond donors (Lipinski definition) is 2. The van der Waals surface area contributed by atoms with Crippen molar-refractivity contribution in [3.8, 4) is 11.3 Å². The molecule has 1 heterocycles. The number of hydrogen-bond acceptors (Lipinski definition) is 2. The summed E-state index contributed by atoms with van der Waals surface area (Å²) in [6.07, 6.45) is 3.64. The summed E-state index contributed by atoms with van der Waals surface area (Å²) in [7, 11) is 0. The van der Waals surface area contributed by atoms with Crippen LogP contribution in [0.4, 0.5) is 4.39 Å². The molecule has 0 amide bonds. The van der Waals surface area contributed by atoms with E-state index in [-0.39, 0.29) is 5.56 Å². The second-order valence-corrected chi connectivity index (χ2v) is 3.91. The second kappa shape index (κ2) is 5.01. The van der Waals surface area contributed by atoms with Crippen molar-refractivity contribution in [2.75, 3.05) is 0 Å². The summed E-state index contributed by atoms with van der Waals surface area (Å²) in [5.74, 6) is -1.19. The van der Waals surface area contributed by atoms with E-state index < -0.39 is 11.8 Å². The fourth-order valence-corrected chi connectivity index (χ4v) is 1.58. The lowest BCUT2D eigenvalue weighted by molar-refractivity contribution is -0.131. The number of aromatic nitrogens is 2. The Labute approximate surface area is 107 Å². The minimum absolute atomic E-state index is 0.282. The van der Waals surface area contributed by atoms with Crippen molar-refractivity contribution in [2.24, 2.45) is 0 Å². The minimum Gasteiger partial charge on any atom is -0.478 e. The number of H-pyrrole nitrogens is 1. The first-order chi connectivity index (χ1) is 8.56. The smallest absolute Gasteiger partial charge is 0.328 e. The Morgan fingerprint density at radius 3 is 3.00 bits per heavy atom. The molecule has 6 heteroatoms. The highest BCUT2D eigenvalue weighted by atomic mass is 35.5. The van der Waals surface area contributed by atoms with Gasteiger partial charge in [0.1, 0.15) is 11.6 Å². The predicted octanol–water partition coefficient (Wildman–Crippen LogP) is 2.97. The normalized spacial score (nSPS) is 11.0. The van der Waals surface area contributed by atoms with Crippen LogP contribution in [0.5, 0.6) is 0 Å². The van der Waals surface area contributed by atoms with E-state index in [2.05, 4.69) is 9.97 Å². The molecule has 0 saturated carbocycles. The highest BCUT2D eigenvalue weighted by molar-refractivity contribution is 6.30. The summed E-state index contributed by atoms with van der Waals surface area (Å²) >= 11 is 5.78. The molecule has 2 aromatic rings. The third-order valence-corrected chi connectivity index (χ3v) is 2.43. The number of aliphatic carboxylic acids is 1. The molecule has 0 bridgehead atoms. The summed E-state index contributed by atoms with van der Waals surface area (Å²) < 4.78 is 13.6. The van der Waals surface area contributed by atoms with Crippen LogP contribution in [0, 0.1) is 5.82 Å². The molecule has 0 saturated heterocycles. The fourth-order valence-electron chi connectivity index (χ4n) is 1.41. The molecular formula is C12H8ClFN2O2. The summed E-state index contributed by atoms with van der Waals surface area (Å²) in [6.45, 7) is 0.